The molecule has 0 saturated heterocycles. The van der Waals surface area contributed by atoms with Gasteiger partial charge in [0.05, 0.1) is 13.2 Å². The topological polar surface area (TPSA) is 72.5 Å². The Bertz CT molecular complexity index is 324. The lowest BCUT2D eigenvalue weighted by molar-refractivity contribution is -0.123. The molecule has 0 aliphatic carbocycles. The van der Waals surface area contributed by atoms with Crippen LogP contribution in [-0.4, -0.2) is 38.2 Å². The Hall–Kier alpha value is -1.23. The highest BCUT2D eigenvalue weighted by molar-refractivity contribution is 5.78. The Morgan fingerprint density at radius 2 is 1.65 bits per heavy atom. The molecule has 0 aromatic heterocycles. The SMILES string of the molecule is CC(C)(CC=O)COCC(C)(C)CNC(=O)CCC=O. The highest BCUT2D eigenvalue weighted by Crippen LogP contribution is 2.21. The second-order valence-electron chi connectivity index (χ2n) is 6.67. The third kappa shape index (κ3) is 9.67. The average Bonchev–Trinajstić information content (AvgIpc) is 2.33. The zero-order valence-corrected chi connectivity index (χ0v) is 13.0. The number of hydrogen-bond acceptors (Lipinski definition) is 4. The fourth-order valence-corrected chi connectivity index (χ4v) is 1.56. The normalized spacial score (nSPS) is 12.0. The molecule has 5 heteroatoms. The van der Waals surface area contributed by atoms with Crippen molar-refractivity contribution in [3.63, 3.8) is 0 Å². The van der Waals surface area contributed by atoms with Gasteiger partial charge in [0.2, 0.25) is 5.91 Å². The van der Waals surface area contributed by atoms with Crippen LogP contribution in [0.5, 0.6) is 0 Å². The van der Waals surface area contributed by atoms with Crippen LogP contribution in [0.3, 0.4) is 0 Å². The van der Waals surface area contributed by atoms with Gasteiger partial charge in [-0.2, -0.15) is 0 Å². The van der Waals surface area contributed by atoms with Crippen LogP contribution in [0, 0.1) is 10.8 Å². The van der Waals surface area contributed by atoms with E-state index in [9.17, 15) is 14.4 Å². The van der Waals surface area contributed by atoms with E-state index in [0.29, 0.717) is 26.2 Å². The maximum absolute atomic E-state index is 11.4. The standard InChI is InChI=1S/C15H27NO4/c1-14(2,7-9-18)11-20-12-15(3,4)10-16-13(19)6-5-8-17/h8-9H,5-7,10-12H2,1-4H3,(H,16,19). The summed E-state index contributed by atoms with van der Waals surface area (Å²) >= 11 is 0. The zero-order chi connectivity index (χ0) is 15.6. The number of aldehydes is 2. The third-order valence-electron chi connectivity index (χ3n) is 2.87. The van der Waals surface area contributed by atoms with E-state index in [1.807, 2.05) is 27.7 Å². The second kappa shape index (κ2) is 8.84. The maximum atomic E-state index is 11.4. The van der Waals surface area contributed by atoms with Gasteiger partial charge in [0.1, 0.15) is 12.6 Å². The van der Waals surface area contributed by atoms with Crippen molar-refractivity contribution in [2.24, 2.45) is 10.8 Å². The van der Waals surface area contributed by atoms with E-state index in [4.69, 9.17) is 4.74 Å². The molecule has 1 amide bonds. The van der Waals surface area contributed by atoms with Crippen molar-refractivity contribution in [3.8, 4) is 0 Å². The van der Waals surface area contributed by atoms with Crippen molar-refractivity contribution in [1.82, 2.24) is 5.32 Å². The number of nitrogens with one attached hydrogen (secondary N) is 1. The number of carbonyl (C=O) groups is 3. The minimum atomic E-state index is -0.186. The lowest BCUT2D eigenvalue weighted by atomic mass is 9.90. The number of hydrogen-bond donors (Lipinski definition) is 1. The summed E-state index contributed by atoms with van der Waals surface area (Å²) in [5.74, 6) is -0.119. The van der Waals surface area contributed by atoms with Crippen LogP contribution >= 0.6 is 0 Å². The van der Waals surface area contributed by atoms with Gasteiger partial charge in [-0.1, -0.05) is 27.7 Å². The molecule has 0 aliphatic rings. The first-order valence-electron chi connectivity index (χ1n) is 6.94. The molecule has 0 fully saturated rings. The minimum absolute atomic E-state index is 0.119. The van der Waals surface area contributed by atoms with Gasteiger partial charge in [-0.25, -0.2) is 0 Å². The molecule has 0 atom stereocenters. The van der Waals surface area contributed by atoms with E-state index in [2.05, 4.69) is 5.32 Å². The van der Waals surface area contributed by atoms with E-state index in [1.54, 1.807) is 0 Å². The first-order chi connectivity index (χ1) is 9.22. The van der Waals surface area contributed by atoms with Crippen molar-refractivity contribution < 1.29 is 19.1 Å². The number of ether oxygens (including phenoxy) is 1. The summed E-state index contributed by atoms with van der Waals surface area (Å²) in [6.07, 6.45) is 2.59. The quantitative estimate of drug-likeness (QED) is 0.587. The fourth-order valence-electron chi connectivity index (χ4n) is 1.56. The molecule has 0 aliphatic heterocycles. The first-order valence-corrected chi connectivity index (χ1v) is 6.94. The Morgan fingerprint density at radius 3 is 2.20 bits per heavy atom. The molecular formula is C15H27NO4. The molecule has 0 unspecified atom stereocenters. The molecule has 0 saturated carbocycles. The van der Waals surface area contributed by atoms with Crippen LogP contribution in [0.25, 0.3) is 0 Å². The third-order valence-corrected chi connectivity index (χ3v) is 2.87. The summed E-state index contributed by atoms with van der Waals surface area (Å²) in [5.41, 5.74) is -0.348. The molecule has 0 rings (SSSR count). The monoisotopic (exact) mass is 285 g/mol. The van der Waals surface area contributed by atoms with E-state index in [0.717, 1.165) is 12.6 Å². The molecule has 0 spiro atoms. The van der Waals surface area contributed by atoms with E-state index >= 15 is 0 Å². The van der Waals surface area contributed by atoms with Crippen LogP contribution in [0.4, 0.5) is 0 Å². The molecule has 0 aromatic rings. The summed E-state index contributed by atoms with van der Waals surface area (Å²) in [5, 5.41) is 2.80. The van der Waals surface area contributed by atoms with Gasteiger partial charge in [-0.05, 0) is 5.41 Å². The molecule has 0 bridgehead atoms. The lowest BCUT2D eigenvalue weighted by Crippen LogP contribution is -2.37. The average molecular weight is 285 g/mol. The summed E-state index contributed by atoms with van der Waals surface area (Å²) in [7, 11) is 0. The smallest absolute Gasteiger partial charge is 0.220 e. The largest absolute Gasteiger partial charge is 0.380 e. The number of amides is 1. The second-order valence-corrected chi connectivity index (χ2v) is 6.67. The van der Waals surface area contributed by atoms with Crippen LogP contribution in [-0.2, 0) is 19.1 Å². The fraction of sp³-hybridized carbons (Fsp3) is 0.800. The van der Waals surface area contributed by atoms with Gasteiger partial charge in [0.25, 0.3) is 0 Å². The molecule has 0 aromatic carbocycles. The van der Waals surface area contributed by atoms with Crippen LogP contribution in [0.1, 0.15) is 47.0 Å². The predicted molar refractivity (Wildman–Crippen MR) is 77.4 cm³/mol. The Kier molecular flexibility index (Phi) is 8.30. The highest BCUT2D eigenvalue weighted by Gasteiger charge is 2.22. The van der Waals surface area contributed by atoms with Gasteiger partial charge >= 0.3 is 0 Å². The molecule has 5 nitrogen and oxygen atoms in total. The van der Waals surface area contributed by atoms with Crippen molar-refractivity contribution in [2.45, 2.75) is 47.0 Å². The highest BCUT2D eigenvalue weighted by atomic mass is 16.5. The van der Waals surface area contributed by atoms with Gasteiger partial charge in [0.15, 0.2) is 0 Å². The van der Waals surface area contributed by atoms with Crippen molar-refractivity contribution >= 4 is 18.5 Å². The maximum Gasteiger partial charge on any atom is 0.220 e. The molecule has 1 N–H and O–H groups in total. The molecular weight excluding hydrogens is 258 g/mol. The van der Waals surface area contributed by atoms with Crippen molar-refractivity contribution in [2.75, 3.05) is 19.8 Å². The van der Waals surface area contributed by atoms with Crippen LogP contribution < -0.4 is 5.32 Å². The number of carbonyl (C=O) groups excluding carboxylic acids is 3. The molecule has 20 heavy (non-hydrogen) atoms. The summed E-state index contributed by atoms with van der Waals surface area (Å²) in [6, 6.07) is 0. The van der Waals surface area contributed by atoms with Gasteiger partial charge in [-0.15, -0.1) is 0 Å². The Morgan fingerprint density at radius 1 is 1.05 bits per heavy atom. The van der Waals surface area contributed by atoms with E-state index in [1.165, 1.54) is 0 Å². The number of rotatable bonds is 11. The molecule has 0 heterocycles. The summed E-state index contributed by atoms with van der Waals surface area (Å²) in [6.45, 7) is 9.47. The summed E-state index contributed by atoms with van der Waals surface area (Å²) in [4.78, 5) is 32.1. The Labute approximate surface area is 121 Å². The van der Waals surface area contributed by atoms with Crippen LogP contribution in [0.15, 0.2) is 0 Å². The van der Waals surface area contributed by atoms with Gasteiger partial charge in [-0.3, -0.25) is 4.79 Å². The van der Waals surface area contributed by atoms with Gasteiger partial charge in [0, 0.05) is 31.2 Å². The minimum Gasteiger partial charge on any atom is -0.380 e. The lowest BCUT2D eigenvalue weighted by Gasteiger charge is -2.28. The van der Waals surface area contributed by atoms with E-state index in [-0.39, 0.29) is 29.6 Å². The van der Waals surface area contributed by atoms with Crippen molar-refractivity contribution in [1.29, 1.82) is 0 Å². The predicted octanol–water partition coefficient (Wildman–Crippen LogP) is 1.74. The zero-order valence-electron chi connectivity index (χ0n) is 13.0. The van der Waals surface area contributed by atoms with E-state index < -0.39 is 0 Å². The summed E-state index contributed by atoms with van der Waals surface area (Å²) < 4.78 is 5.66. The van der Waals surface area contributed by atoms with Crippen LogP contribution in [0.2, 0.25) is 0 Å². The molecule has 116 valence electrons. The molecule has 0 radical (unpaired) electrons. The van der Waals surface area contributed by atoms with Crippen molar-refractivity contribution in [3.05, 3.63) is 0 Å². The first kappa shape index (κ1) is 18.8. The van der Waals surface area contributed by atoms with Gasteiger partial charge < -0.3 is 19.6 Å². The Balaban J connectivity index is 3.97.